The third kappa shape index (κ3) is 4.48. The van der Waals surface area contributed by atoms with E-state index in [0.717, 1.165) is 11.1 Å². The maximum atomic E-state index is 12.9. The van der Waals surface area contributed by atoms with E-state index in [0.29, 0.717) is 6.42 Å². The summed E-state index contributed by atoms with van der Waals surface area (Å²) in [5.41, 5.74) is 1.44. The van der Waals surface area contributed by atoms with Crippen LogP contribution in [0.15, 0.2) is 60.7 Å². The van der Waals surface area contributed by atoms with Crippen molar-refractivity contribution < 1.29 is 19.1 Å². The second kappa shape index (κ2) is 7.82. The number of amides is 1. The van der Waals surface area contributed by atoms with Gasteiger partial charge in [-0.1, -0.05) is 81.4 Å². The average Bonchev–Trinajstić information content (AvgIpc) is 2.98. The molecular weight excluding hydrogens is 342 g/mol. The summed E-state index contributed by atoms with van der Waals surface area (Å²) in [5.74, 6) is -0.393. The van der Waals surface area contributed by atoms with E-state index in [4.69, 9.17) is 9.47 Å². The smallest absolute Gasteiger partial charge is 0.413 e. The van der Waals surface area contributed by atoms with Crippen LogP contribution in [0.1, 0.15) is 31.9 Å². The molecule has 2 atom stereocenters. The van der Waals surface area contributed by atoms with Gasteiger partial charge in [-0.25, -0.2) is 9.59 Å². The van der Waals surface area contributed by atoms with Crippen molar-refractivity contribution in [2.24, 2.45) is 5.41 Å². The number of benzene rings is 2. The van der Waals surface area contributed by atoms with Gasteiger partial charge in [-0.05, 0) is 11.1 Å². The van der Waals surface area contributed by atoms with Crippen molar-refractivity contribution >= 4 is 12.1 Å². The van der Waals surface area contributed by atoms with Crippen LogP contribution < -0.4 is 0 Å². The predicted molar refractivity (Wildman–Crippen MR) is 102 cm³/mol. The fourth-order valence-electron chi connectivity index (χ4n) is 3.15. The monoisotopic (exact) mass is 367 g/mol. The number of hydrogen-bond acceptors (Lipinski definition) is 4. The minimum absolute atomic E-state index is 0.152. The zero-order valence-corrected chi connectivity index (χ0v) is 15.9. The van der Waals surface area contributed by atoms with E-state index in [2.05, 4.69) is 0 Å². The summed E-state index contributed by atoms with van der Waals surface area (Å²) < 4.78 is 11.1. The summed E-state index contributed by atoms with van der Waals surface area (Å²) in [6.45, 7) is 5.97. The zero-order valence-electron chi connectivity index (χ0n) is 15.9. The van der Waals surface area contributed by atoms with Gasteiger partial charge in [0.15, 0.2) is 6.23 Å². The van der Waals surface area contributed by atoms with Gasteiger partial charge < -0.3 is 9.47 Å². The SMILES string of the molecule is CC(C)(C)[C@@H]1OC(=O)[C@@H](Cc2ccccc2)N1C(=O)OCc1ccccc1. The highest BCUT2D eigenvalue weighted by molar-refractivity contribution is 5.85. The number of rotatable bonds is 4. The van der Waals surface area contributed by atoms with E-state index in [1.807, 2.05) is 81.4 Å². The van der Waals surface area contributed by atoms with Crippen LogP contribution in [-0.4, -0.2) is 29.2 Å². The Bertz CT molecular complexity index is 783. The van der Waals surface area contributed by atoms with Crippen molar-refractivity contribution in [3.8, 4) is 0 Å². The van der Waals surface area contributed by atoms with E-state index in [1.54, 1.807) is 0 Å². The molecule has 0 bridgehead atoms. The molecule has 0 radical (unpaired) electrons. The maximum Gasteiger partial charge on any atom is 0.413 e. The molecule has 5 nitrogen and oxygen atoms in total. The van der Waals surface area contributed by atoms with E-state index in [-0.39, 0.29) is 6.61 Å². The van der Waals surface area contributed by atoms with Gasteiger partial charge in [-0.3, -0.25) is 4.90 Å². The Morgan fingerprint density at radius 3 is 2.11 bits per heavy atom. The molecule has 1 aliphatic rings. The number of cyclic esters (lactones) is 1. The Balaban J connectivity index is 1.80. The van der Waals surface area contributed by atoms with Gasteiger partial charge >= 0.3 is 12.1 Å². The molecule has 1 aliphatic heterocycles. The standard InChI is InChI=1S/C22H25NO4/c1-22(2,3)20-23(21(25)26-15-17-12-8-5-9-13-17)18(19(24)27-20)14-16-10-6-4-7-11-16/h4-13,18,20H,14-15H2,1-3H3/t18-,20+/m1/s1. The molecule has 27 heavy (non-hydrogen) atoms. The van der Waals surface area contributed by atoms with Crippen molar-refractivity contribution in [1.82, 2.24) is 4.90 Å². The van der Waals surface area contributed by atoms with Gasteiger partial charge in [-0.15, -0.1) is 0 Å². The molecule has 1 heterocycles. The quantitative estimate of drug-likeness (QED) is 0.761. The maximum absolute atomic E-state index is 12.9. The fourth-order valence-corrected chi connectivity index (χ4v) is 3.15. The third-order valence-corrected chi connectivity index (χ3v) is 4.52. The van der Waals surface area contributed by atoms with E-state index in [9.17, 15) is 9.59 Å². The van der Waals surface area contributed by atoms with Crippen LogP contribution >= 0.6 is 0 Å². The van der Waals surface area contributed by atoms with Crippen molar-refractivity contribution in [2.75, 3.05) is 0 Å². The van der Waals surface area contributed by atoms with Crippen LogP contribution in [0.2, 0.25) is 0 Å². The normalized spacial score (nSPS) is 19.7. The van der Waals surface area contributed by atoms with Gasteiger partial charge in [0.1, 0.15) is 12.6 Å². The minimum Gasteiger partial charge on any atom is -0.444 e. The van der Waals surface area contributed by atoms with Gasteiger partial charge in [-0.2, -0.15) is 0 Å². The molecule has 1 amide bonds. The third-order valence-electron chi connectivity index (χ3n) is 4.52. The molecule has 2 aromatic carbocycles. The van der Waals surface area contributed by atoms with E-state index >= 15 is 0 Å². The zero-order chi connectivity index (χ0) is 19.4. The van der Waals surface area contributed by atoms with Crippen molar-refractivity contribution in [3.05, 3.63) is 71.8 Å². The molecule has 2 aromatic rings. The largest absolute Gasteiger partial charge is 0.444 e. The van der Waals surface area contributed by atoms with Crippen LogP contribution in [0.3, 0.4) is 0 Å². The summed E-state index contributed by atoms with van der Waals surface area (Å²) in [6.07, 6.45) is -0.806. The second-order valence-corrected chi connectivity index (χ2v) is 7.81. The molecule has 1 fully saturated rings. The van der Waals surface area contributed by atoms with Crippen molar-refractivity contribution in [3.63, 3.8) is 0 Å². The van der Waals surface area contributed by atoms with E-state index < -0.39 is 29.7 Å². The highest BCUT2D eigenvalue weighted by Crippen LogP contribution is 2.34. The highest BCUT2D eigenvalue weighted by atomic mass is 16.6. The first-order chi connectivity index (χ1) is 12.9. The highest BCUT2D eigenvalue weighted by Gasteiger charge is 2.50. The molecule has 1 saturated heterocycles. The summed E-state index contributed by atoms with van der Waals surface area (Å²) in [4.78, 5) is 26.9. The number of ether oxygens (including phenoxy) is 2. The lowest BCUT2D eigenvalue weighted by atomic mass is 9.93. The summed E-state index contributed by atoms with van der Waals surface area (Å²) >= 11 is 0. The number of carbonyl (C=O) groups excluding carboxylic acids is 2. The fraction of sp³-hybridized carbons (Fsp3) is 0.364. The second-order valence-electron chi connectivity index (χ2n) is 7.81. The first-order valence-electron chi connectivity index (χ1n) is 9.09. The number of carbonyl (C=O) groups is 2. The van der Waals surface area contributed by atoms with Gasteiger partial charge in [0.05, 0.1) is 0 Å². The van der Waals surface area contributed by atoms with Crippen LogP contribution in [0, 0.1) is 5.41 Å². The molecule has 0 spiro atoms. The number of esters is 1. The van der Waals surface area contributed by atoms with Gasteiger partial charge in [0.25, 0.3) is 0 Å². The minimum atomic E-state index is -0.695. The molecule has 0 saturated carbocycles. The first kappa shape index (κ1) is 19.0. The molecule has 142 valence electrons. The molecule has 3 rings (SSSR count). The van der Waals surface area contributed by atoms with Gasteiger partial charge in [0.2, 0.25) is 0 Å². The number of nitrogens with zero attached hydrogens (tertiary/aromatic N) is 1. The lowest BCUT2D eigenvalue weighted by Gasteiger charge is -2.33. The first-order valence-corrected chi connectivity index (χ1v) is 9.09. The Morgan fingerprint density at radius 2 is 1.56 bits per heavy atom. The Hall–Kier alpha value is -2.82. The lowest BCUT2D eigenvalue weighted by molar-refractivity contribution is -0.147. The topological polar surface area (TPSA) is 55.8 Å². The summed E-state index contributed by atoms with van der Waals surface area (Å²) in [5, 5.41) is 0. The predicted octanol–water partition coefficient (Wildman–Crippen LogP) is 4.17. The van der Waals surface area contributed by atoms with Crippen LogP contribution in [0.5, 0.6) is 0 Å². The summed E-state index contributed by atoms with van der Waals surface area (Å²) in [7, 11) is 0. The Morgan fingerprint density at radius 1 is 1.00 bits per heavy atom. The molecule has 0 N–H and O–H groups in total. The number of hydrogen-bond donors (Lipinski definition) is 0. The Kier molecular flexibility index (Phi) is 5.49. The molecule has 0 aromatic heterocycles. The van der Waals surface area contributed by atoms with Crippen molar-refractivity contribution in [1.29, 1.82) is 0 Å². The molecule has 5 heteroatoms. The van der Waals surface area contributed by atoms with Crippen molar-refractivity contribution in [2.45, 2.75) is 46.1 Å². The lowest BCUT2D eigenvalue weighted by Crippen LogP contribution is -2.48. The molecule has 0 aliphatic carbocycles. The Labute approximate surface area is 159 Å². The summed E-state index contributed by atoms with van der Waals surface area (Å²) in [6, 6.07) is 18.4. The van der Waals surface area contributed by atoms with Crippen LogP contribution in [0.4, 0.5) is 4.79 Å². The molecular formula is C22H25NO4. The average molecular weight is 367 g/mol. The molecule has 0 unspecified atom stereocenters. The van der Waals surface area contributed by atoms with Gasteiger partial charge in [0, 0.05) is 11.8 Å². The van der Waals surface area contributed by atoms with Crippen LogP contribution in [-0.2, 0) is 27.3 Å². The van der Waals surface area contributed by atoms with Crippen LogP contribution in [0.25, 0.3) is 0 Å². The van der Waals surface area contributed by atoms with E-state index in [1.165, 1.54) is 4.90 Å².